The molecule has 0 aromatic carbocycles. The molecule has 0 saturated carbocycles. The Hall–Kier alpha value is -0.610. The number of aliphatic hydroxyl groups excluding tert-OH is 1. The zero-order chi connectivity index (χ0) is 8.06. The summed E-state index contributed by atoms with van der Waals surface area (Å²) in [6.07, 6.45) is 1.34. The summed E-state index contributed by atoms with van der Waals surface area (Å²) in [4.78, 5) is 10.8. The molecule has 2 saturated heterocycles. The molecule has 4 nitrogen and oxygen atoms in total. The van der Waals surface area contributed by atoms with Crippen molar-refractivity contribution in [2.75, 3.05) is 0 Å². The zero-order valence-corrected chi connectivity index (χ0v) is 6.08. The molecule has 62 valence electrons. The maximum atomic E-state index is 10.8. The molecular weight excluding hydrogens is 146 g/mol. The van der Waals surface area contributed by atoms with Gasteiger partial charge in [-0.05, 0) is 19.3 Å². The Kier molecular flexibility index (Phi) is 1.25. The van der Waals surface area contributed by atoms with Gasteiger partial charge in [-0.25, -0.2) is 0 Å². The average Bonchev–Trinajstić information content (AvgIpc) is 2.43. The normalized spacial score (nSPS) is 48.1. The molecule has 3 atom stereocenters. The molecular formula is C7H11NO3. The van der Waals surface area contributed by atoms with E-state index in [2.05, 4.69) is 5.32 Å². The first-order valence-corrected chi connectivity index (χ1v) is 3.84. The first-order valence-electron chi connectivity index (χ1n) is 3.84. The van der Waals surface area contributed by atoms with Crippen molar-refractivity contribution in [2.45, 2.75) is 36.9 Å². The van der Waals surface area contributed by atoms with Crippen molar-refractivity contribution in [3.63, 3.8) is 0 Å². The van der Waals surface area contributed by atoms with Crippen molar-refractivity contribution in [2.24, 2.45) is 0 Å². The van der Waals surface area contributed by atoms with E-state index in [4.69, 9.17) is 5.11 Å². The van der Waals surface area contributed by atoms with Crippen molar-refractivity contribution in [3.8, 4) is 0 Å². The van der Waals surface area contributed by atoms with Crippen LogP contribution in [0.1, 0.15) is 19.3 Å². The van der Waals surface area contributed by atoms with E-state index in [0.717, 1.165) is 6.42 Å². The highest BCUT2D eigenvalue weighted by Crippen LogP contribution is 2.37. The molecule has 11 heavy (non-hydrogen) atoms. The van der Waals surface area contributed by atoms with Gasteiger partial charge in [0, 0.05) is 6.04 Å². The Morgan fingerprint density at radius 1 is 1.64 bits per heavy atom. The summed E-state index contributed by atoms with van der Waals surface area (Å²) in [7, 11) is 0. The molecule has 4 heteroatoms. The molecule has 2 aliphatic rings. The van der Waals surface area contributed by atoms with Crippen LogP contribution in [0.2, 0.25) is 0 Å². The highest BCUT2D eigenvalue weighted by molar-refractivity contribution is 5.81. The third kappa shape index (κ3) is 0.736. The van der Waals surface area contributed by atoms with Crippen LogP contribution in [0.3, 0.4) is 0 Å². The van der Waals surface area contributed by atoms with Gasteiger partial charge in [0.25, 0.3) is 0 Å². The molecule has 3 N–H and O–H groups in total. The van der Waals surface area contributed by atoms with Gasteiger partial charge in [0.05, 0.1) is 6.10 Å². The largest absolute Gasteiger partial charge is 0.480 e. The van der Waals surface area contributed by atoms with Gasteiger partial charge in [0.15, 0.2) is 0 Å². The Labute approximate surface area is 64.2 Å². The molecule has 0 radical (unpaired) electrons. The van der Waals surface area contributed by atoms with Crippen LogP contribution in [0.15, 0.2) is 0 Å². The Morgan fingerprint density at radius 2 is 2.36 bits per heavy atom. The van der Waals surface area contributed by atoms with Crippen LogP contribution in [-0.4, -0.2) is 33.9 Å². The van der Waals surface area contributed by atoms with E-state index in [1.54, 1.807) is 0 Å². The fourth-order valence-electron chi connectivity index (χ4n) is 2.13. The summed E-state index contributed by atoms with van der Waals surface area (Å²) in [5.74, 6) is -0.912. The minimum Gasteiger partial charge on any atom is -0.480 e. The maximum absolute atomic E-state index is 10.8. The summed E-state index contributed by atoms with van der Waals surface area (Å²) >= 11 is 0. The van der Waals surface area contributed by atoms with Crippen LogP contribution < -0.4 is 5.32 Å². The van der Waals surface area contributed by atoms with Gasteiger partial charge >= 0.3 is 5.97 Å². The third-order valence-electron chi connectivity index (χ3n) is 2.81. The second-order valence-electron chi connectivity index (χ2n) is 3.41. The number of nitrogens with one attached hydrogen (secondary N) is 1. The van der Waals surface area contributed by atoms with E-state index in [0.29, 0.717) is 12.8 Å². The van der Waals surface area contributed by atoms with E-state index >= 15 is 0 Å². The number of hydrogen-bond donors (Lipinski definition) is 3. The predicted octanol–water partition coefficient (Wildman–Crippen LogP) is -0.674. The number of aliphatic hydroxyl groups is 1. The fraction of sp³-hybridized carbons (Fsp3) is 0.857. The maximum Gasteiger partial charge on any atom is 0.326 e. The first kappa shape index (κ1) is 7.06. The number of hydrogen-bond acceptors (Lipinski definition) is 3. The highest BCUT2D eigenvalue weighted by Gasteiger charge is 2.56. The highest BCUT2D eigenvalue weighted by atomic mass is 16.4. The molecule has 0 spiro atoms. The van der Waals surface area contributed by atoms with Gasteiger partial charge in [-0.2, -0.15) is 0 Å². The summed E-state index contributed by atoms with van der Waals surface area (Å²) in [6, 6.07) is 0.223. The number of rotatable bonds is 1. The van der Waals surface area contributed by atoms with E-state index in [9.17, 15) is 9.90 Å². The lowest BCUT2D eigenvalue weighted by Crippen LogP contribution is -2.52. The standard InChI is InChI=1S/C7H11NO3/c9-5-3-4-1-2-7(5,8-4)6(10)11/h4-5,8-9H,1-3H2,(H,10,11)/t4-,5+,7+/m0/s1. The molecule has 2 rings (SSSR count). The number of carbonyl (C=O) groups is 1. The summed E-state index contributed by atoms with van der Waals surface area (Å²) in [5.41, 5.74) is -1.01. The monoisotopic (exact) mass is 157 g/mol. The molecule has 0 aliphatic carbocycles. The molecule has 2 fully saturated rings. The van der Waals surface area contributed by atoms with E-state index in [1.807, 2.05) is 0 Å². The Balaban J connectivity index is 2.29. The first-order chi connectivity index (χ1) is 5.15. The van der Waals surface area contributed by atoms with E-state index in [1.165, 1.54) is 0 Å². The fourth-order valence-corrected chi connectivity index (χ4v) is 2.13. The number of carboxylic acid groups (broad SMARTS) is 1. The predicted molar refractivity (Wildman–Crippen MR) is 37.1 cm³/mol. The van der Waals surface area contributed by atoms with Gasteiger partial charge in [0.2, 0.25) is 0 Å². The summed E-state index contributed by atoms with van der Waals surface area (Å²) in [5, 5.41) is 21.2. The van der Waals surface area contributed by atoms with Crippen molar-refractivity contribution in [3.05, 3.63) is 0 Å². The summed E-state index contributed by atoms with van der Waals surface area (Å²) in [6.45, 7) is 0. The minimum absolute atomic E-state index is 0.223. The Bertz CT molecular complexity index is 206. The lowest BCUT2D eigenvalue weighted by atomic mass is 9.85. The van der Waals surface area contributed by atoms with Crippen LogP contribution in [0.5, 0.6) is 0 Å². The molecule has 0 unspecified atom stereocenters. The van der Waals surface area contributed by atoms with Gasteiger partial charge in [-0.15, -0.1) is 0 Å². The molecule has 2 aliphatic heterocycles. The Morgan fingerprint density at radius 3 is 2.64 bits per heavy atom. The van der Waals surface area contributed by atoms with Gasteiger partial charge < -0.3 is 10.2 Å². The van der Waals surface area contributed by atoms with Crippen LogP contribution in [-0.2, 0) is 4.79 Å². The van der Waals surface area contributed by atoms with Crippen LogP contribution >= 0.6 is 0 Å². The van der Waals surface area contributed by atoms with Crippen LogP contribution in [0.4, 0.5) is 0 Å². The SMILES string of the molecule is O=C(O)[C@@]12CC[C@@H](C[C@H]1O)N2. The second kappa shape index (κ2) is 1.95. The lowest BCUT2D eigenvalue weighted by molar-refractivity contribution is -0.148. The van der Waals surface area contributed by atoms with Gasteiger partial charge in [-0.1, -0.05) is 0 Å². The molecule has 0 amide bonds. The zero-order valence-electron chi connectivity index (χ0n) is 6.08. The average molecular weight is 157 g/mol. The van der Waals surface area contributed by atoms with Crippen molar-refractivity contribution < 1.29 is 15.0 Å². The van der Waals surface area contributed by atoms with Crippen LogP contribution in [0, 0.1) is 0 Å². The van der Waals surface area contributed by atoms with Gasteiger partial charge in [-0.3, -0.25) is 10.1 Å². The van der Waals surface area contributed by atoms with Crippen molar-refractivity contribution in [1.29, 1.82) is 0 Å². The molecule has 0 aromatic heterocycles. The third-order valence-corrected chi connectivity index (χ3v) is 2.81. The number of aliphatic carboxylic acids is 1. The van der Waals surface area contributed by atoms with Crippen molar-refractivity contribution in [1.82, 2.24) is 5.32 Å². The smallest absolute Gasteiger partial charge is 0.326 e. The topological polar surface area (TPSA) is 69.6 Å². The van der Waals surface area contributed by atoms with E-state index < -0.39 is 17.6 Å². The molecule has 0 aromatic rings. The van der Waals surface area contributed by atoms with Crippen molar-refractivity contribution >= 4 is 5.97 Å². The van der Waals surface area contributed by atoms with Crippen LogP contribution in [0.25, 0.3) is 0 Å². The molecule has 2 heterocycles. The second-order valence-corrected chi connectivity index (χ2v) is 3.41. The lowest BCUT2D eigenvalue weighted by Gasteiger charge is -2.25. The molecule has 2 bridgehead atoms. The summed E-state index contributed by atoms with van der Waals surface area (Å²) < 4.78 is 0. The number of fused-ring (bicyclic) bond motifs is 2. The minimum atomic E-state index is -1.01. The van der Waals surface area contributed by atoms with Gasteiger partial charge in [0.1, 0.15) is 5.54 Å². The van der Waals surface area contributed by atoms with E-state index in [-0.39, 0.29) is 6.04 Å². The quantitative estimate of drug-likeness (QED) is 0.472. The number of carboxylic acids is 1.